The maximum absolute atomic E-state index is 13.6. The lowest BCUT2D eigenvalue weighted by atomic mass is 9.95. The Labute approximate surface area is 169 Å². The largest absolute Gasteiger partial charge is 0.352 e. The molecule has 0 atom stereocenters. The van der Waals surface area contributed by atoms with Gasteiger partial charge in [0.1, 0.15) is 5.82 Å². The Morgan fingerprint density at radius 3 is 2.43 bits per heavy atom. The second-order valence-electron chi connectivity index (χ2n) is 7.10. The van der Waals surface area contributed by atoms with E-state index < -0.39 is 0 Å². The standard InChI is InChI=1S/C22H25FN2O2S/c1-15-3-4-16(13-20(15)23)14-24-21(26)17-9-11-25(12-10-17)22(27)18-5-7-19(28-2)8-6-18/h3-8,13,17H,9-12,14H2,1-2H3,(H,24,26). The Balaban J connectivity index is 1.49. The SMILES string of the molecule is CSc1ccc(C(=O)N2CCC(C(=O)NCc3ccc(C)c(F)c3)CC2)cc1. The lowest BCUT2D eigenvalue weighted by molar-refractivity contribution is -0.126. The first-order chi connectivity index (χ1) is 13.5. The molecule has 2 aromatic rings. The van der Waals surface area contributed by atoms with Gasteiger partial charge in [-0.1, -0.05) is 12.1 Å². The summed E-state index contributed by atoms with van der Waals surface area (Å²) in [6.07, 6.45) is 3.29. The van der Waals surface area contributed by atoms with E-state index in [1.165, 1.54) is 6.07 Å². The zero-order valence-corrected chi connectivity index (χ0v) is 17.0. The molecule has 4 nitrogen and oxygen atoms in total. The van der Waals surface area contributed by atoms with E-state index in [1.54, 1.807) is 24.8 Å². The lowest BCUT2D eigenvalue weighted by Gasteiger charge is -2.31. The molecule has 1 aliphatic heterocycles. The predicted molar refractivity (Wildman–Crippen MR) is 110 cm³/mol. The topological polar surface area (TPSA) is 49.4 Å². The van der Waals surface area contributed by atoms with Crippen molar-refractivity contribution in [1.82, 2.24) is 10.2 Å². The van der Waals surface area contributed by atoms with Crippen molar-refractivity contribution in [2.45, 2.75) is 31.2 Å². The van der Waals surface area contributed by atoms with E-state index in [0.717, 1.165) is 10.5 Å². The zero-order valence-electron chi connectivity index (χ0n) is 16.2. The molecule has 1 aliphatic rings. The van der Waals surface area contributed by atoms with Gasteiger partial charge >= 0.3 is 0 Å². The summed E-state index contributed by atoms with van der Waals surface area (Å²) >= 11 is 1.64. The molecule has 1 saturated heterocycles. The molecule has 2 amide bonds. The maximum atomic E-state index is 13.6. The molecule has 3 rings (SSSR count). The Morgan fingerprint density at radius 2 is 1.82 bits per heavy atom. The van der Waals surface area contributed by atoms with Crippen LogP contribution < -0.4 is 5.32 Å². The average molecular weight is 401 g/mol. The molecule has 1 heterocycles. The lowest BCUT2D eigenvalue weighted by Crippen LogP contribution is -2.42. The number of carbonyl (C=O) groups excluding carboxylic acids is 2. The molecule has 28 heavy (non-hydrogen) atoms. The fourth-order valence-electron chi connectivity index (χ4n) is 3.34. The van der Waals surface area contributed by atoms with Gasteiger partial charge in [-0.2, -0.15) is 0 Å². The first-order valence-electron chi connectivity index (χ1n) is 9.44. The highest BCUT2D eigenvalue weighted by molar-refractivity contribution is 7.98. The minimum atomic E-state index is -0.260. The van der Waals surface area contributed by atoms with Crippen LogP contribution in [0.3, 0.4) is 0 Å². The van der Waals surface area contributed by atoms with Gasteiger partial charge in [-0.25, -0.2) is 4.39 Å². The third-order valence-corrected chi connectivity index (χ3v) is 5.94. The Morgan fingerprint density at radius 1 is 1.14 bits per heavy atom. The number of likely N-dealkylation sites (tertiary alicyclic amines) is 1. The van der Waals surface area contributed by atoms with Crippen molar-refractivity contribution in [2.24, 2.45) is 5.92 Å². The molecule has 0 spiro atoms. The van der Waals surface area contributed by atoms with Crippen LogP contribution in [0.4, 0.5) is 4.39 Å². The van der Waals surface area contributed by atoms with Crippen LogP contribution in [0.5, 0.6) is 0 Å². The monoisotopic (exact) mass is 400 g/mol. The van der Waals surface area contributed by atoms with Crippen molar-refractivity contribution < 1.29 is 14.0 Å². The predicted octanol–water partition coefficient (Wildman–Crippen LogP) is 4.02. The first kappa shape index (κ1) is 20.4. The Hall–Kier alpha value is -2.34. The molecule has 0 bridgehead atoms. The summed E-state index contributed by atoms with van der Waals surface area (Å²) in [6, 6.07) is 12.6. The van der Waals surface area contributed by atoms with Crippen LogP contribution in [-0.4, -0.2) is 36.1 Å². The minimum Gasteiger partial charge on any atom is -0.352 e. The number of thioether (sulfide) groups is 1. The van der Waals surface area contributed by atoms with Crippen molar-refractivity contribution >= 4 is 23.6 Å². The molecule has 148 valence electrons. The quantitative estimate of drug-likeness (QED) is 0.771. The van der Waals surface area contributed by atoms with Crippen molar-refractivity contribution in [1.29, 1.82) is 0 Å². The van der Waals surface area contributed by atoms with E-state index in [2.05, 4.69) is 5.32 Å². The molecule has 0 aliphatic carbocycles. The van der Waals surface area contributed by atoms with Crippen LogP contribution in [0.2, 0.25) is 0 Å². The van der Waals surface area contributed by atoms with Gasteiger partial charge in [0, 0.05) is 36.0 Å². The van der Waals surface area contributed by atoms with Crippen LogP contribution in [0.1, 0.15) is 34.3 Å². The molecule has 1 fully saturated rings. The summed E-state index contributed by atoms with van der Waals surface area (Å²) in [5.74, 6) is -0.388. The fourth-order valence-corrected chi connectivity index (χ4v) is 3.75. The molecule has 0 unspecified atom stereocenters. The summed E-state index contributed by atoms with van der Waals surface area (Å²) in [7, 11) is 0. The summed E-state index contributed by atoms with van der Waals surface area (Å²) in [5.41, 5.74) is 2.02. The van der Waals surface area contributed by atoms with Gasteiger partial charge in [0.05, 0.1) is 0 Å². The van der Waals surface area contributed by atoms with E-state index in [9.17, 15) is 14.0 Å². The van der Waals surface area contributed by atoms with Crippen LogP contribution in [0.15, 0.2) is 47.4 Å². The smallest absolute Gasteiger partial charge is 0.253 e. The fraction of sp³-hybridized carbons (Fsp3) is 0.364. The normalized spacial score (nSPS) is 14.8. The summed E-state index contributed by atoms with van der Waals surface area (Å²) < 4.78 is 13.6. The Bertz CT molecular complexity index is 846. The number of nitrogens with zero attached hydrogens (tertiary/aromatic N) is 1. The highest BCUT2D eigenvalue weighted by Crippen LogP contribution is 2.21. The van der Waals surface area contributed by atoms with Crippen molar-refractivity contribution in [3.8, 4) is 0 Å². The molecule has 1 N–H and O–H groups in total. The summed E-state index contributed by atoms with van der Waals surface area (Å²) in [5, 5.41) is 2.89. The number of hydrogen-bond acceptors (Lipinski definition) is 3. The summed E-state index contributed by atoms with van der Waals surface area (Å²) in [4.78, 5) is 28.0. The molecule has 6 heteroatoms. The van der Waals surface area contributed by atoms with Gasteiger partial charge in [-0.05, 0) is 67.5 Å². The number of aryl methyl sites for hydroxylation is 1. The number of benzene rings is 2. The van der Waals surface area contributed by atoms with Crippen LogP contribution in [-0.2, 0) is 11.3 Å². The molecule has 2 aromatic carbocycles. The number of halogens is 1. The highest BCUT2D eigenvalue weighted by Gasteiger charge is 2.27. The van der Waals surface area contributed by atoms with Crippen molar-refractivity contribution in [2.75, 3.05) is 19.3 Å². The van der Waals surface area contributed by atoms with Crippen LogP contribution in [0, 0.1) is 18.7 Å². The number of amides is 2. The van der Waals surface area contributed by atoms with E-state index in [1.807, 2.05) is 41.5 Å². The second kappa shape index (κ2) is 9.24. The zero-order chi connectivity index (χ0) is 20.1. The van der Waals surface area contributed by atoms with Gasteiger partial charge in [-0.3, -0.25) is 9.59 Å². The molecular formula is C22H25FN2O2S. The number of nitrogens with one attached hydrogen (secondary N) is 1. The van der Waals surface area contributed by atoms with Crippen molar-refractivity contribution in [3.05, 3.63) is 65.0 Å². The van der Waals surface area contributed by atoms with E-state index in [0.29, 0.717) is 43.6 Å². The van der Waals surface area contributed by atoms with Crippen LogP contribution in [0.25, 0.3) is 0 Å². The Kier molecular flexibility index (Phi) is 6.73. The third-order valence-electron chi connectivity index (χ3n) is 5.19. The molecule has 0 radical (unpaired) electrons. The number of piperidine rings is 1. The van der Waals surface area contributed by atoms with Gasteiger partial charge in [-0.15, -0.1) is 11.8 Å². The number of rotatable bonds is 5. The van der Waals surface area contributed by atoms with Gasteiger partial charge < -0.3 is 10.2 Å². The minimum absolute atomic E-state index is 0.0154. The van der Waals surface area contributed by atoms with E-state index in [-0.39, 0.29) is 23.5 Å². The van der Waals surface area contributed by atoms with Gasteiger partial charge in [0.15, 0.2) is 0 Å². The van der Waals surface area contributed by atoms with E-state index >= 15 is 0 Å². The van der Waals surface area contributed by atoms with Gasteiger partial charge in [0.25, 0.3) is 5.91 Å². The number of carbonyl (C=O) groups is 2. The average Bonchev–Trinajstić information content (AvgIpc) is 2.74. The van der Waals surface area contributed by atoms with Crippen LogP contribution >= 0.6 is 11.8 Å². The molecule has 0 saturated carbocycles. The molecular weight excluding hydrogens is 375 g/mol. The highest BCUT2D eigenvalue weighted by atomic mass is 32.2. The second-order valence-corrected chi connectivity index (χ2v) is 7.98. The van der Waals surface area contributed by atoms with E-state index in [4.69, 9.17) is 0 Å². The van der Waals surface area contributed by atoms with Crippen molar-refractivity contribution in [3.63, 3.8) is 0 Å². The molecule has 0 aromatic heterocycles. The first-order valence-corrected chi connectivity index (χ1v) is 10.7. The maximum Gasteiger partial charge on any atom is 0.253 e. The van der Waals surface area contributed by atoms with Gasteiger partial charge in [0.2, 0.25) is 5.91 Å². The third kappa shape index (κ3) is 4.93. The number of hydrogen-bond donors (Lipinski definition) is 1. The summed E-state index contributed by atoms with van der Waals surface area (Å²) in [6.45, 7) is 3.17.